The summed E-state index contributed by atoms with van der Waals surface area (Å²) in [4.78, 5) is 0. The van der Waals surface area contributed by atoms with Gasteiger partial charge in [0.25, 0.3) is 0 Å². The van der Waals surface area contributed by atoms with Crippen LogP contribution in [-0.2, 0) is 0 Å². The van der Waals surface area contributed by atoms with Crippen molar-refractivity contribution in [1.29, 1.82) is 0 Å². The topological polar surface area (TPSA) is 20.2 Å². The zero-order chi connectivity index (χ0) is 8.10. The monoisotopic (exact) mass is 174 g/mol. The molecule has 0 heterocycles. The predicted octanol–water partition coefficient (Wildman–Crippen LogP) is 2.83. The van der Waals surface area contributed by atoms with Gasteiger partial charge in [0.2, 0.25) is 0 Å². The van der Waals surface area contributed by atoms with Crippen LogP contribution in [0.4, 0.5) is 0 Å². The van der Waals surface area contributed by atoms with Gasteiger partial charge in [-0.25, -0.2) is 0 Å². The average Bonchev–Trinajstić information content (AvgIpc) is 1.98. The van der Waals surface area contributed by atoms with E-state index in [0.717, 1.165) is 23.4 Å². The number of hydrogen-bond acceptors (Lipinski definition) is 1. The first kappa shape index (κ1) is 9.08. The van der Waals surface area contributed by atoms with Gasteiger partial charge in [0, 0.05) is 5.03 Å². The third-order valence-electron chi connectivity index (χ3n) is 2.20. The van der Waals surface area contributed by atoms with Crippen LogP contribution in [0.1, 0.15) is 38.5 Å². The van der Waals surface area contributed by atoms with E-state index in [1.54, 1.807) is 0 Å². The lowest BCUT2D eigenvalue weighted by atomic mass is 10.0. The summed E-state index contributed by atoms with van der Waals surface area (Å²) in [5.74, 6) is 0. The maximum absolute atomic E-state index is 8.94. The number of halogens is 1. The molecule has 0 saturated heterocycles. The Morgan fingerprint density at radius 3 is 2.36 bits per heavy atom. The molecule has 0 amide bonds. The Kier molecular flexibility index (Phi) is 3.95. The van der Waals surface area contributed by atoms with E-state index >= 15 is 0 Å². The minimum atomic E-state index is 0.152. The van der Waals surface area contributed by atoms with Crippen LogP contribution in [-0.4, -0.2) is 11.7 Å². The first-order chi connectivity index (χ1) is 5.34. The molecule has 0 aliphatic heterocycles. The number of aliphatic hydroxyl groups excluding tert-OH is 1. The van der Waals surface area contributed by atoms with Crippen molar-refractivity contribution in [3.63, 3.8) is 0 Å². The molecule has 11 heavy (non-hydrogen) atoms. The number of hydrogen-bond donors (Lipinski definition) is 1. The largest absolute Gasteiger partial charge is 0.392 e. The lowest BCUT2D eigenvalue weighted by molar-refractivity contribution is 0.323. The van der Waals surface area contributed by atoms with E-state index in [2.05, 4.69) is 0 Å². The summed E-state index contributed by atoms with van der Waals surface area (Å²) in [6.45, 7) is 0.152. The molecule has 0 radical (unpaired) electrons. The standard InChI is InChI=1S/C9H15ClO/c10-9-6-4-2-1-3-5-8(9)7-11/h11H,1-7H2/b9-8-. The van der Waals surface area contributed by atoms with E-state index in [1.165, 1.54) is 25.7 Å². The normalized spacial score (nSPS) is 27.8. The molecule has 0 fully saturated rings. The summed E-state index contributed by atoms with van der Waals surface area (Å²) < 4.78 is 0. The first-order valence-electron chi connectivity index (χ1n) is 4.32. The Hall–Kier alpha value is -0.0100. The highest BCUT2D eigenvalue weighted by molar-refractivity contribution is 6.29. The number of allylic oxidation sites excluding steroid dienone is 1. The van der Waals surface area contributed by atoms with Crippen LogP contribution < -0.4 is 0 Å². The maximum Gasteiger partial charge on any atom is 0.0655 e. The van der Waals surface area contributed by atoms with Crippen molar-refractivity contribution >= 4 is 11.6 Å². The predicted molar refractivity (Wildman–Crippen MR) is 47.7 cm³/mol. The van der Waals surface area contributed by atoms with E-state index in [0.29, 0.717) is 0 Å². The molecule has 0 aromatic heterocycles. The highest BCUT2D eigenvalue weighted by Crippen LogP contribution is 2.24. The lowest BCUT2D eigenvalue weighted by Crippen LogP contribution is -1.97. The van der Waals surface area contributed by atoms with Gasteiger partial charge in [0.15, 0.2) is 0 Å². The molecular formula is C9H15ClO. The van der Waals surface area contributed by atoms with Crippen molar-refractivity contribution in [2.24, 2.45) is 0 Å². The van der Waals surface area contributed by atoms with Crippen molar-refractivity contribution in [2.75, 3.05) is 6.61 Å². The van der Waals surface area contributed by atoms with Crippen LogP contribution in [0.2, 0.25) is 0 Å². The van der Waals surface area contributed by atoms with Crippen LogP contribution in [0.15, 0.2) is 10.6 Å². The van der Waals surface area contributed by atoms with Gasteiger partial charge in [0.1, 0.15) is 0 Å². The molecule has 64 valence electrons. The summed E-state index contributed by atoms with van der Waals surface area (Å²) in [6, 6.07) is 0. The van der Waals surface area contributed by atoms with E-state index < -0.39 is 0 Å². The summed E-state index contributed by atoms with van der Waals surface area (Å²) in [5.41, 5.74) is 1.06. The Labute approximate surface area is 73.1 Å². The van der Waals surface area contributed by atoms with Crippen molar-refractivity contribution in [1.82, 2.24) is 0 Å². The van der Waals surface area contributed by atoms with Crippen molar-refractivity contribution in [2.45, 2.75) is 38.5 Å². The van der Waals surface area contributed by atoms with Crippen LogP contribution in [0.5, 0.6) is 0 Å². The molecule has 0 spiro atoms. The molecule has 1 nitrogen and oxygen atoms in total. The van der Waals surface area contributed by atoms with E-state index in [-0.39, 0.29) is 6.61 Å². The quantitative estimate of drug-likeness (QED) is 0.648. The zero-order valence-corrected chi connectivity index (χ0v) is 7.53. The van der Waals surface area contributed by atoms with Crippen molar-refractivity contribution < 1.29 is 5.11 Å². The van der Waals surface area contributed by atoms with Crippen molar-refractivity contribution in [3.05, 3.63) is 10.6 Å². The molecule has 1 aliphatic rings. The third kappa shape index (κ3) is 2.84. The molecular weight excluding hydrogens is 160 g/mol. The molecule has 1 N–H and O–H groups in total. The van der Waals surface area contributed by atoms with E-state index in [1.807, 2.05) is 0 Å². The van der Waals surface area contributed by atoms with Crippen LogP contribution in [0.3, 0.4) is 0 Å². The van der Waals surface area contributed by atoms with Gasteiger partial charge < -0.3 is 5.11 Å². The molecule has 0 aromatic rings. The fourth-order valence-electron chi connectivity index (χ4n) is 1.45. The SMILES string of the molecule is OC/C1=C(\Cl)CCCCCC1. The second-order valence-electron chi connectivity index (χ2n) is 3.08. The minimum absolute atomic E-state index is 0.152. The first-order valence-corrected chi connectivity index (χ1v) is 4.69. The van der Waals surface area contributed by atoms with Gasteiger partial charge in [-0.05, 0) is 31.3 Å². The summed E-state index contributed by atoms with van der Waals surface area (Å²) in [7, 11) is 0. The smallest absolute Gasteiger partial charge is 0.0655 e. The van der Waals surface area contributed by atoms with Crippen LogP contribution >= 0.6 is 11.6 Å². The van der Waals surface area contributed by atoms with Gasteiger partial charge in [-0.1, -0.05) is 24.4 Å². The minimum Gasteiger partial charge on any atom is -0.392 e. The Balaban J connectivity index is 2.56. The molecule has 0 aromatic carbocycles. The summed E-state index contributed by atoms with van der Waals surface area (Å²) in [6.07, 6.45) is 6.91. The van der Waals surface area contributed by atoms with Gasteiger partial charge >= 0.3 is 0 Å². The highest BCUT2D eigenvalue weighted by atomic mass is 35.5. The second kappa shape index (κ2) is 4.78. The maximum atomic E-state index is 8.94. The van der Waals surface area contributed by atoms with E-state index in [9.17, 15) is 0 Å². The second-order valence-corrected chi connectivity index (χ2v) is 3.54. The van der Waals surface area contributed by atoms with Gasteiger partial charge in [-0.3, -0.25) is 0 Å². The average molecular weight is 175 g/mol. The molecule has 0 atom stereocenters. The Morgan fingerprint density at radius 1 is 1.09 bits per heavy atom. The third-order valence-corrected chi connectivity index (χ3v) is 2.66. The number of aliphatic hydroxyl groups is 1. The van der Waals surface area contributed by atoms with Gasteiger partial charge in [-0.15, -0.1) is 0 Å². The molecule has 1 rings (SSSR count). The van der Waals surface area contributed by atoms with Crippen molar-refractivity contribution in [3.8, 4) is 0 Å². The van der Waals surface area contributed by atoms with Crippen LogP contribution in [0, 0.1) is 0 Å². The molecule has 0 unspecified atom stereocenters. The fraction of sp³-hybridized carbons (Fsp3) is 0.778. The molecule has 2 heteroatoms. The van der Waals surface area contributed by atoms with E-state index in [4.69, 9.17) is 16.7 Å². The number of rotatable bonds is 1. The van der Waals surface area contributed by atoms with Gasteiger partial charge in [-0.2, -0.15) is 0 Å². The Morgan fingerprint density at radius 2 is 1.73 bits per heavy atom. The fourth-order valence-corrected chi connectivity index (χ4v) is 1.74. The molecule has 0 bridgehead atoms. The Bertz CT molecular complexity index is 152. The summed E-state index contributed by atoms with van der Waals surface area (Å²) in [5, 5.41) is 9.85. The molecule has 1 aliphatic carbocycles. The zero-order valence-electron chi connectivity index (χ0n) is 6.77. The highest BCUT2D eigenvalue weighted by Gasteiger charge is 2.06. The van der Waals surface area contributed by atoms with Gasteiger partial charge in [0.05, 0.1) is 6.61 Å². The van der Waals surface area contributed by atoms with Crippen LogP contribution in [0.25, 0.3) is 0 Å². The summed E-state index contributed by atoms with van der Waals surface area (Å²) >= 11 is 5.98. The lowest BCUT2D eigenvalue weighted by Gasteiger charge is -2.11. The molecule has 0 saturated carbocycles.